The van der Waals surface area contributed by atoms with Crippen LogP contribution >= 0.6 is 15.9 Å². The Morgan fingerprint density at radius 3 is 2.33 bits per heavy atom. The minimum atomic E-state index is -1.03. The summed E-state index contributed by atoms with van der Waals surface area (Å²) in [5, 5.41) is 7.18. The highest BCUT2D eigenvalue weighted by Crippen LogP contribution is 2.19. The lowest BCUT2D eigenvalue weighted by Crippen LogP contribution is -2.40. The van der Waals surface area contributed by atoms with E-state index in [2.05, 4.69) is 31.9 Å². The number of amides is 3. The minimum absolute atomic E-state index is 0.297. The molecule has 0 aliphatic heterocycles. The Labute approximate surface area is 162 Å². The number of carbonyl (C=O) groups is 3. The van der Waals surface area contributed by atoms with Crippen LogP contribution in [0.15, 0.2) is 40.9 Å². The molecule has 2 aromatic carbocycles. The van der Waals surface area contributed by atoms with Crippen LogP contribution in [0.5, 0.6) is 0 Å². The van der Waals surface area contributed by atoms with Crippen molar-refractivity contribution in [3.05, 3.63) is 63.6 Å². The summed E-state index contributed by atoms with van der Waals surface area (Å²) >= 11 is 3.32. The smallest absolute Gasteiger partial charge is 0.254 e. The predicted molar refractivity (Wildman–Crippen MR) is 99.2 cm³/mol. The first-order valence-electron chi connectivity index (χ1n) is 7.82. The maximum Gasteiger partial charge on any atom is 0.254 e. The molecule has 27 heavy (non-hydrogen) atoms. The number of aryl methyl sites for hydroxylation is 1. The summed E-state index contributed by atoms with van der Waals surface area (Å²) in [5.74, 6) is -3.78. The Bertz CT molecular complexity index is 890. The van der Waals surface area contributed by atoms with Crippen molar-refractivity contribution < 1.29 is 23.2 Å². The van der Waals surface area contributed by atoms with Gasteiger partial charge >= 0.3 is 0 Å². The summed E-state index contributed by atoms with van der Waals surface area (Å²) in [6.45, 7) is 1.07. The quantitative estimate of drug-likeness (QED) is 0.646. The molecule has 2 rings (SSSR count). The van der Waals surface area contributed by atoms with Crippen LogP contribution in [0.3, 0.4) is 0 Å². The first kappa shape index (κ1) is 20.5. The van der Waals surface area contributed by atoms with Crippen LogP contribution in [0.1, 0.15) is 15.9 Å². The Hall–Kier alpha value is -2.81. The molecule has 142 valence electrons. The third-order valence-electron chi connectivity index (χ3n) is 3.49. The Balaban J connectivity index is 1.78. The maximum absolute atomic E-state index is 13.5. The molecule has 0 heterocycles. The zero-order chi connectivity index (χ0) is 20.0. The summed E-state index contributed by atoms with van der Waals surface area (Å²) < 4.78 is 27.2. The molecule has 6 nitrogen and oxygen atoms in total. The van der Waals surface area contributed by atoms with Crippen LogP contribution in [0.25, 0.3) is 0 Å². The summed E-state index contributed by atoms with van der Waals surface area (Å²) in [4.78, 5) is 35.4. The van der Waals surface area contributed by atoms with Crippen molar-refractivity contribution in [3.63, 3.8) is 0 Å². The average Bonchev–Trinajstić information content (AvgIpc) is 2.60. The lowest BCUT2D eigenvalue weighted by atomic mass is 10.2. The Morgan fingerprint density at radius 1 is 0.963 bits per heavy atom. The van der Waals surface area contributed by atoms with Crippen molar-refractivity contribution in [1.82, 2.24) is 10.6 Å². The average molecular weight is 440 g/mol. The van der Waals surface area contributed by atoms with Gasteiger partial charge in [0.25, 0.3) is 5.91 Å². The van der Waals surface area contributed by atoms with E-state index in [0.29, 0.717) is 11.8 Å². The largest absolute Gasteiger partial charge is 0.345 e. The van der Waals surface area contributed by atoms with Crippen LogP contribution < -0.4 is 16.0 Å². The molecule has 0 spiro atoms. The molecule has 0 fully saturated rings. The van der Waals surface area contributed by atoms with Gasteiger partial charge < -0.3 is 16.0 Å². The van der Waals surface area contributed by atoms with Crippen LogP contribution in [-0.2, 0) is 9.59 Å². The Morgan fingerprint density at radius 2 is 1.67 bits per heavy atom. The molecule has 0 aliphatic rings. The van der Waals surface area contributed by atoms with Gasteiger partial charge in [0.15, 0.2) is 0 Å². The summed E-state index contributed by atoms with van der Waals surface area (Å²) in [6, 6.07) is 7.81. The molecule has 2 aromatic rings. The molecule has 0 radical (unpaired) electrons. The fourth-order valence-corrected chi connectivity index (χ4v) is 2.61. The second kappa shape index (κ2) is 9.22. The van der Waals surface area contributed by atoms with E-state index in [0.717, 1.165) is 22.2 Å². The van der Waals surface area contributed by atoms with Crippen molar-refractivity contribution in [2.75, 3.05) is 18.4 Å². The fraction of sp³-hybridized carbons (Fsp3) is 0.167. The fourth-order valence-electron chi connectivity index (χ4n) is 2.13. The maximum atomic E-state index is 13.5. The van der Waals surface area contributed by atoms with Gasteiger partial charge in [0.05, 0.1) is 18.7 Å². The molecule has 0 unspecified atom stereocenters. The van der Waals surface area contributed by atoms with E-state index in [1.807, 2.05) is 13.0 Å². The summed E-state index contributed by atoms with van der Waals surface area (Å²) in [5.41, 5.74) is 1.07. The van der Waals surface area contributed by atoms with Gasteiger partial charge in [0.2, 0.25) is 11.8 Å². The lowest BCUT2D eigenvalue weighted by Gasteiger charge is -2.10. The first-order chi connectivity index (χ1) is 12.8. The van der Waals surface area contributed by atoms with E-state index in [1.165, 1.54) is 0 Å². The van der Waals surface area contributed by atoms with Crippen LogP contribution in [0, 0.1) is 18.6 Å². The SMILES string of the molecule is Cc1cc(Br)ccc1NC(=O)CNC(=O)CNC(=O)c1ccc(F)cc1F. The summed E-state index contributed by atoms with van der Waals surface area (Å²) in [7, 11) is 0. The molecule has 0 bridgehead atoms. The highest BCUT2D eigenvalue weighted by molar-refractivity contribution is 9.10. The van der Waals surface area contributed by atoms with Gasteiger partial charge in [-0.25, -0.2) is 8.78 Å². The number of carbonyl (C=O) groups excluding carboxylic acids is 3. The number of nitrogens with one attached hydrogen (secondary N) is 3. The van der Waals surface area contributed by atoms with Crippen molar-refractivity contribution >= 4 is 39.3 Å². The second-order valence-electron chi connectivity index (χ2n) is 5.59. The molecule has 3 amide bonds. The molecule has 0 aromatic heterocycles. The number of benzene rings is 2. The molecule has 0 aliphatic carbocycles. The molecular formula is C18H16BrF2N3O3. The van der Waals surface area contributed by atoms with Crippen molar-refractivity contribution in [1.29, 1.82) is 0 Å². The standard InChI is InChI=1S/C18H16BrF2N3O3/c1-10-6-11(19)2-5-15(10)24-17(26)9-22-16(25)8-23-18(27)13-4-3-12(20)7-14(13)21/h2-7H,8-9H2,1H3,(H,22,25)(H,23,27)(H,24,26). The van der Waals surface area contributed by atoms with Gasteiger partial charge in [-0.3, -0.25) is 14.4 Å². The van der Waals surface area contributed by atoms with Gasteiger partial charge in [0.1, 0.15) is 11.6 Å². The topological polar surface area (TPSA) is 87.3 Å². The van der Waals surface area contributed by atoms with Gasteiger partial charge in [-0.2, -0.15) is 0 Å². The van der Waals surface area contributed by atoms with Gasteiger partial charge in [-0.15, -0.1) is 0 Å². The van der Waals surface area contributed by atoms with E-state index in [9.17, 15) is 23.2 Å². The highest BCUT2D eigenvalue weighted by Gasteiger charge is 2.14. The number of hydrogen-bond donors (Lipinski definition) is 3. The minimum Gasteiger partial charge on any atom is -0.345 e. The third-order valence-corrected chi connectivity index (χ3v) is 3.99. The van der Waals surface area contributed by atoms with Crippen LogP contribution in [-0.4, -0.2) is 30.8 Å². The van der Waals surface area contributed by atoms with Gasteiger partial charge in [0, 0.05) is 16.2 Å². The van der Waals surface area contributed by atoms with E-state index in [4.69, 9.17) is 0 Å². The highest BCUT2D eigenvalue weighted by atomic mass is 79.9. The van der Waals surface area contributed by atoms with Crippen LogP contribution in [0.2, 0.25) is 0 Å². The Kier molecular flexibility index (Phi) is 7.00. The molecule has 3 N–H and O–H groups in total. The van der Waals surface area contributed by atoms with Crippen molar-refractivity contribution in [2.45, 2.75) is 6.92 Å². The first-order valence-corrected chi connectivity index (χ1v) is 8.61. The molecule has 0 atom stereocenters. The van der Waals surface area contributed by atoms with Crippen molar-refractivity contribution in [2.24, 2.45) is 0 Å². The van der Waals surface area contributed by atoms with Crippen LogP contribution in [0.4, 0.5) is 14.5 Å². The number of rotatable bonds is 6. The van der Waals surface area contributed by atoms with Crippen molar-refractivity contribution in [3.8, 4) is 0 Å². The lowest BCUT2D eigenvalue weighted by molar-refractivity contribution is -0.123. The molecular weight excluding hydrogens is 424 g/mol. The zero-order valence-electron chi connectivity index (χ0n) is 14.2. The zero-order valence-corrected chi connectivity index (χ0v) is 15.8. The molecule has 9 heteroatoms. The number of anilines is 1. The monoisotopic (exact) mass is 439 g/mol. The van der Waals surface area contributed by atoms with E-state index < -0.39 is 35.9 Å². The summed E-state index contributed by atoms with van der Waals surface area (Å²) in [6.07, 6.45) is 0. The molecule has 0 saturated heterocycles. The number of halogens is 3. The van der Waals surface area contributed by atoms with E-state index >= 15 is 0 Å². The molecule has 0 saturated carbocycles. The van der Waals surface area contributed by atoms with Gasteiger partial charge in [-0.05, 0) is 42.8 Å². The van der Waals surface area contributed by atoms with E-state index in [-0.39, 0.29) is 12.1 Å². The second-order valence-corrected chi connectivity index (χ2v) is 6.51. The predicted octanol–water partition coefficient (Wildman–Crippen LogP) is 2.52. The van der Waals surface area contributed by atoms with E-state index in [1.54, 1.807) is 12.1 Å². The third kappa shape index (κ3) is 6.14. The number of hydrogen-bond acceptors (Lipinski definition) is 3. The normalized spacial score (nSPS) is 10.2. The van der Waals surface area contributed by atoms with Gasteiger partial charge in [-0.1, -0.05) is 15.9 Å².